The van der Waals surface area contributed by atoms with Crippen molar-refractivity contribution in [1.29, 1.82) is 0 Å². The van der Waals surface area contributed by atoms with Crippen LogP contribution in [0.5, 0.6) is 0 Å². The van der Waals surface area contributed by atoms with E-state index in [1.807, 2.05) is 4.90 Å². The van der Waals surface area contributed by atoms with Gasteiger partial charge in [0.2, 0.25) is 5.56 Å². The summed E-state index contributed by atoms with van der Waals surface area (Å²) in [4.78, 5) is 28.2. The van der Waals surface area contributed by atoms with Crippen LogP contribution in [-0.4, -0.2) is 41.0 Å². The maximum atomic E-state index is 12.6. The fraction of sp³-hybridized carbons (Fsp3) is 0.571. The van der Waals surface area contributed by atoms with E-state index in [-0.39, 0.29) is 17.0 Å². The number of likely N-dealkylation sites (tertiary alicyclic amines) is 1. The third-order valence-electron chi connectivity index (χ3n) is 4.64. The zero-order valence-corrected chi connectivity index (χ0v) is 11.3. The minimum absolute atomic E-state index is 0.00986. The third-order valence-corrected chi connectivity index (χ3v) is 4.64. The highest BCUT2D eigenvalue weighted by Crippen LogP contribution is 2.41. The van der Waals surface area contributed by atoms with Crippen LogP contribution in [0, 0.1) is 11.8 Å². The highest BCUT2D eigenvalue weighted by atomic mass is 16.2. The Bertz CT molecular complexity index is 544. The summed E-state index contributed by atoms with van der Waals surface area (Å²) in [7, 11) is 0. The Morgan fingerprint density at radius 2 is 2.16 bits per heavy atom. The number of H-pyrrole nitrogens is 1. The van der Waals surface area contributed by atoms with E-state index in [9.17, 15) is 9.59 Å². The maximum absolute atomic E-state index is 12.6. The Kier molecular flexibility index (Phi) is 2.74. The smallest absolute Gasteiger partial charge is 0.255 e. The monoisotopic (exact) mass is 261 g/mol. The Balaban J connectivity index is 1.88. The molecule has 1 amide bonds. The molecule has 0 radical (unpaired) electrons. The van der Waals surface area contributed by atoms with Crippen LogP contribution in [0.1, 0.15) is 24.2 Å². The standard InChI is InChI=1S/C14H19N3O2/c1-14(2)11-7-15-5-10(11)8-17(14)13(19)9-3-4-12(18)16-6-9/h3-4,6,10-11,15H,5,7-8H2,1-2H3,(H,16,18). The summed E-state index contributed by atoms with van der Waals surface area (Å²) in [5.41, 5.74) is 0.236. The van der Waals surface area contributed by atoms with Gasteiger partial charge in [0.15, 0.2) is 0 Å². The zero-order chi connectivity index (χ0) is 13.6. The van der Waals surface area contributed by atoms with E-state index >= 15 is 0 Å². The van der Waals surface area contributed by atoms with E-state index < -0.39 is 0 Å². The molecule has 5 heteroatoms. The van der Waals surface area contributed by atoms with Crippen molar-refractivity contribution in [3.05, 3.63) is 34.2 Å². The Hall–Kier alpha value is -1.62. The van der Waals surface area contributed by atoms with Crippen molar-refractivity contribution in [3.8, 4) is 0 Å². The van der Waals surface area contributed by atoms with Crippen LogP contribution in [0.4, 0.5) is 0 Å². The van der Waals surface area contributed by atoms with Gasteiger partial charge in [-0.25, -0.2) is 0 Å². The molecule has 2 unspecified atom stereocenters. The lowest BCUT2D eigenvalue weighted by Crippen LogP contribution is -2.47. The van der Waals surface area contributed by atoms with Gasteiger partial charge in [-0.2, -0.15) is 0 Å². The van der Waals surface area contributed by atoms with Gasteiger partial charge in [-0.15, -0.1) is 0 Å². The molecule has 2 N–H and O–H groups in total. The predicted octanol–water partition coefficient (Wildman–Crippen LogP) is 0.445. The first-order chi connectivity index (χ1) is 9.00. The number of hydrogen-bond acceptors (Lipinski definition) is 3. The molecule has 102 valence electrons. The topological polar surface area (TPSA) is 65.2 Å². The fourth-order valence-electron chi connectivity index (χ4n) is 3.47. The molecule has 0 aromatic carbocycles. The second kappa shape index (κ2) is 4.20. The summed E-state index contributed by atoms with van der Waals surface area (Å²) in [6.45, 7) is 7.03. The Morgan fingerprint density at radius 1 is 1.37 bits per heavy atom. The highest BCUT2D eigenvalue weighted by molar-refractivity contribution is 5.94. The van der Waals surface area contributed by atoms with Crippen LogP contribution in [0.25, 0.3) is 0 Å². The SMILES string of the molecule is CC1(C)C2CNCC2CN1C(=O)c1ccc(=O)[nH]c1. The molecule has 0 aliphatic carbocycles. The predicted molar refractivity (Wildman–Crippen MR) is 72.0 cm³/mol. The summed E-state index contributed by atoms with van der Waals surface area (Å²) in [6, 6.07) is 3.00. The number of hydrogen-bond donors (Lipinski definition) is 2. The molecule has 1 aromatic rings. The number of fused-ring (bicyclic) bond motifs is 1. The van der Waals surface area contributed by atoms with Gasteiger partial charge in [-0.3, -0.25) is 9.59 Å². The molecule has 0 bridgehead atoms. The fourth-order valence-corrected chi connectivity index (χ4v) is 3.47. The molecule has 5 nitrogen and oxygen atoms in total. The lowest BCUT2D eigenvalue weighted by atomic mass is 9.85. The lowest BCUT2D eigenvalue weighted by Gasteiger charge is -2.35. The van der Waals surface area contributed by atoms with Crippen LogP contribution < -0.4 is 10.9 Å². The van der Waals surface area contributed by atoms with E-state index in [0.717, 1.165) is 19.6 Å². The van der Waals surface area contributed by atoms with Crippen LogP contribution in [0.15, 0.2) is 23.1 Å². The number of aromatic amines is 1. The number of pyridine rings is 1. The second-order valence-corrected chi connectivity index (χ2v) is 6.04. The number of amides is 1. The van der Waals surface area contributed by atoms with E-state index in [0.29, 0.717) is 17.4 Å². The van der Waals surface area contributed by atoms with Gasteiger partial charge >= 0.3 is 0 Å². The third kappa shape index (κ3) is 1.89. The van der Waals surface area contributed by atoms with Crippen molar-refractivity contribution >= 4 is 5.91 Å². The molecule has 2 aliphatic heterocycles. The first-order valence-corrected chi connectivity index (χ1v) is 6.71. The van der Waals surface area contributed by atoms with Crippen molar-refractivity contribution in [1.82, 2.24) is 15.2 Å². The van der Waals surface area contributed by atoms with Crippen molar-refractivity contribution in [3.63, 3.8) is 0 Å². The van der Waals surface area contributed by atoms with Crippen LogP contribution in [-0.2, 0) is 0 Å². The number of nitrogens with one attached hydrogen (secondary N) is 2. The summed E-state index contributed by atoms with van der Waals surface area (Å²) < 4.78 is 0. The van der Waals surface area contributed by atoms with Crippen LogP contribution >= 0.6 is 0 Å². The Labute approximate surface area is 112 Å². The maximum Gasteiger partial charge on any atom is 0.255 e. The van der Waals surface area contributed by atoms with Gasteiger partial charge < -0.3 is 15.2 Å². The van der Waals surface area contributed by atoms with Gasteiger partial charge in [0, 0.05) is 37.4 Å². The number of rotatable bonds is 1. The normalized spacial score (nSPS) is 28.4. The minimum Gasteiger partial charge on any atom is -0.333 e. The molecule has 3 rings (SSSR count). The highest BCUT2D eigenvalue weighted by Gasteiger charge is 2.51. The Morgan fingerprint density at radius 3 is 2.79 bits per heavy atom. The molecule has 3 heterocycles. The molecular formula is C14H19N3O2. The van der Waals surface area contributed by atoms with E-state index in [1.54, 1.807) is 6.07 Å². The van der Waals surface area contributed by atoms with Crippen molar-refractivity contribution in [2.24, 2.45) is 11.8 Å². The number of carbonyl (C=O) groups is 1. The molecule has 0 saturated carbocycles. The molecule has 0 spiro atoms. The van der Waals surface area contributed by atoms with Crippen molar-refractivity contribution in [2.45, 2.75) is 19.4 Å². The summed E-state index contributed by atoms with van der Waals surface area (Å²) >= 11 is 0. The molecule has 2 fully saturated rings. The number of carbonyl (C=O) groups excluding carboxylic acids is 1. The van der Waals surface area contributed by atoms with Gasteiger partial charge in [0.1, 0.15) is 0 Å². The molecule has 2 aliphatic rings. The van der Waals surface area contributed by atoms with Crippen LogP contribution in [0.2, 0.25) is 0 Å². The second-order valence-electron chi connectivity index (χ2n) is 6.04. The summed E-state index contributed by atoms with van der Waals surface area (Å²) in [6.07, 6.45) is 1.51. The molecule has 2 atom stereocenters. The number of nitrogens with zero attached hydrogens (tertiary/aromatic N) is 1. The zero-order valence-electron chi connectivity index (χ0n) is 11.3. The van der Waals surface area contributed by atoms with E-state index in [2.05, 4.69) is 24.1 Å². The van der Waals surface area contributed by atoms with Crippen molar-refractivity contribution in [2.75, 3.05) is 19.6 Å². The first-order valence-electron chi connectivity index (χ1n) is 6.71. The van der Waals surface area contributed by atoms with Crippen LogP contribution in [0.3, 0.4) is 0 Å². The summed E-state index contributed by atoms with van der Waals surface area (Å²) in [5, 5.41) is 3.40. The minimum atomic E-state index is -0.182. The molecular weight excluding hydrogens is 242 g/mol. The van der Waals surface area contributed by atoms with Gasteiger partial charge in [-0.05, 0) is 31.7 Å². The molecule has 2 saturated heterocycles. The quantitative estimate of drug-likeness (QED) is 0.771. The number of aromatic nitrogens is 1. The van der Waals surface area contributed by atoms with Crippen molar-refractivity contribution < 1.29 is 4.79 Å². The van der Waals surface area contributed by atoms with E-state index in [4.69, 9.17) is 0 Å². The average molecular weight is 261 g/mol. The molecule has 19 heavy (non-hydrogen) atoms. The summed E-state index contributed by atoms with van der Waals surface area (Å²) in [5.74, 6) is 1.07. The average Bonchev–Trinajstić information content (AvgIpc) is 2.92. The molecule has 1 aromatic heterocycles. The van der Waals surface area contributed by atoms with Gasteiger partial charge in [-0.1, -0.05) is 0 Å². The van der Waals surface area contributed by atoms with Gasteiger partial charge in [0.25, 0.3) is 5.91 Å². The van der Waals surface area contributed by atoms with Gasteiger partial charge in [0.05, 0.1) is 5.56 Å². The van der Waals surface area contributed by atoms with E-state index in [1.165, 1.54) is 12.3 Å². The lowest BCUT2D eigenvalue weighted by molar-refractivity contribution is 0.0603. The first kappa shape index (κ1) is 12.4. The largest absolute Gasteiger partial charge is 0.333 e.